The SMILES string of the molecule is O=C(NNCc1c(F)cccc1F)[C@@]1(Cc2ccc(Br)cc2)N=C(c2ccc(OCCCO)cc2)O[C@H]1c1ccc(Cl)cc1Cl. The molecular formula is C33H28BrCl2F2N3O4. The number of hydrogen-bond acceptors (Lipinski definition) is 6. The molecule has 4 aromatic carbocycles. The molecule has 0 aromatic heterocycles. The predicted octanol–water partition coefficient (Wildman–Crippen LogP) is 7.12. The summed E-state index contributed by atoms with van der Waals surface area (Å²) in [4.78, 5) is 19.2. The van der Waals surface area contributed by atoms with Crippen LogP contribution in [0.15, 0.2) is 94.4 Å². The molecule has 1 heterocycles. The van der Waals surface area contributed by atoms with Gasteiger partial charge in [0.05, 0.1) is 6.61 Å². The Morgan fingerprint density at radius 2 is 1.73 bits per heavy atom. The number of hydrogen-bond donors (Lipinski definition) is 3. The van der Waals surface area contributed by atoms with Crippen LogP contribution in [0.1, 0.15) is 34.8 Å². The average molecular weight is 719 g/mol. The van der Waals surface area contributed by atoms with Gasteiger partial charge in [0.2, 0.25) is 5.90 Å². The Bertz CT molecular complexity index is 1670. The first-order chi connectivity index (χ1) is 21.7. The molecule has 2 atom stereocenters. The highest BCUT2D eigenvalue weighted by molar-refractivity contribution is 9.10. The molecular weight excluding hydrogens is 691 g/mol. The summed E-state index contributed by atoms with van der Waals surface area (Å²) in [6.07, 6.45) is -0.447. The monoisotopic (exact) mass is 717 g/mol. The lowest BCUT2D eigenvalue weighted by atomic mass is 9.82. The number of halogens is 5. The average Bonchev–Trinajstić information content (AvgIpc) is 3.40. The lowest BCUT2D eigenvalue weighted by molar-refractivity contribution is -0.130. The van der Waals surface area contributed by atoms with E-state index in [0.29, 0.717) is 34.9 Å². The van der Waals surface area contributed by atoms with E-state index in [4.69, 9.17) is 42.8 Å². The van der Waals surface area contributed by atoms with E-state index < -0.39 is 29.2 Å². The molecule has 0 radical (unpaired) electrons. The van der Waals surface area contributed by atoms with E-state index in [1.807, 2.05) is 24.3 Å². The van der Waals surface area contributed by atoms with Gasteiger partial charge in [-0.1, -0.05) is 63.4 Å². The zero-order chi connectivity index (χ0) is 32.0. The molecule has 12 heteroatoms. The van der Waals surface area contributed by atoms with E-state index in [1.165, 1.54) is 6.07 Å². The quantitative estimate of drug-likeness (QED) is 0.107. The number of ether oxygens (including phenoxy) is 2. The van der Waals surface area contributed by atoms with E-state index in [9.17, 15) is 13.6 Å². The maximum absolute atomic E-state index is 14.3. The fraction of sp³-hybridized carbons (Fsp3) is 0.212. The van der Waals surface area contributed by atoms with E-state index in [-0.39, 0.29) is 36.1 Å². The lowest BCUT2D eigenvalue weighted by Crippen LogP contribution is -2.53. The van der Waals surface area contributed by atoms with Crippen LogP contribution in [0, 0.1) is 11.6 Å². The second-order valence-corrected chi connectivity index (χ2v) is 12.0. The van der Waals surface area contributed by atoms with Gasteiger partial charge in [0, 0.05) is 57.2 Å². The molecule has 7 nitrogen and oxygen atoms in total. The van der Waals surface area contributed by atoms with Crippen LogP contribution in [0.2, 0.25) is 10.0 Å². The van der Waals surface area contributed by atoms with E-state index in [1.54, 1.807) is 42.5 Å². The summed E-state index contributed by atoms with van der Waals surface area (Å²) < 4.78 is 41.6. The van der Waals surface area contributed by atoms with E-state index >= 15 is 0 Å². The largest absolute Gasteiger partial charge is 0.494 e. The van der Waals surface area contributed by atoms with Crippen molar-refractivity contribution < 1.29 is 28.2 Å². The van der Waals surface area contributed by atoms with E-state index in [2.05, 4.69) is 26.8 Å². The molecule has 0 aliphatic carbocycles. The number of aliphatic imine (C=N–C) groups is 1. The number of carbonyl (C=O) groups is 1. The summed E-state index contributed by atoms with van der Waals surface area (Å²) in [6, 6.07) is 22.8. The molecule has 0 unspecified atom stereocenters. The second kappa shape index (κ2) is 14.7. The lowest BCUT2D eigenvalue weighted by Gasteiger charge is -2.31. The fourth-order valence-corrected chi connectivity index (χ4v) is 5.68. The molecule has 3 N–H and O–H groups in total. The van der Waals surface area contributed by atoms with Crippen LogP contribution < -0.4 is 15.6 Å². The van der Waals surface area contributed by atoms with Crippen LogP contribution in [-0.4, -0.2) is 35.7 Å². The second-order valence-electron chi connectivity index (χ2n) is 10.3. The first kappa shape index (κ1) is 32.8. The number of aliphatic hydroxyl groups is 1. The van der Waals surface area contributed by atoms with Crippen LogP contribution in [0.4, 0.5) is 8.78 Å². The number of benzene rings is 4. The molecule has 0 saturated heterocycles. The molecule has 45 heavy (non-hydrogen) atoms. The van der Waals surface area contributed by atoms with E-state index in [0.717, 1.165) is 22.2 Å². The highest BCUT2D eigenvalue weighted by Crippen LogP contribution is 2.45. The van der Waals surface area contributed by atoms with Crippen molar-refractivity contribution in [2.24, 2.45) is 4.99 Å². The molecule has 5 rings (SSSR count). The van der Waals surface area contributed by atoms with Gasteiger partial charge in [0.25, 0.3) is 5.91 Å². The van der Waals surface area contributed by atoms with Crippen molar-refractivity contribution >= 4 is 50.9 Å². The Morgan fingerprint density at radius 3 is 2.40 bits per heavy atom. The van der Waals surface area contributed by atoms with Crippen LogP contribution in [0.25, 0.3) is 0 Å². The van der Waals surface area contributed by atoms with Crippen molar-refractivity contribution in [3.63, 3.8) is 0 Å². The highest BCUT2D eigenvalue weighted by atomic mass is 79.9. The maximum atomic E-state index is 14.3. The Hall–Kier alpha value is -3.54. The summed E-state index contributed by atoms with van der Waals surface area (Å²) in [6.45, 7) is 0.0504. The highest BCUT2D eigenvalue weighted by Gasteiger charge is 2.54. The normalized spacial score (nSPS) is 17.5. The third-order valence-electron chi connectivity index (χ3n) is 7.19. The molecule has 0 saturated carbocycles. The van der Waals surface area contributed by atoms with Gasteiger partial charge < -0.3 is 14.6 Å². The summed E-state index contributed by atoms with van der Waals surface area (Å²) in [5.74, 6) is -1.34. The van der Waals surface area contributed by atoms with Gasteiger partial charge in [0.15, 0.2) is 11.6 Å². The Morgan fingerprint density at radius 1 is 1.02 bits per heavy atom. The number of nitrogens with zero attached hydrogens (tertiary/aromatic N) is 1. The zero-order valence-electron chi connectivity index (χ0n) is 23.7. The minimum atomic E-state index is -1.63. The van der Waals surface area contributed by atoms with Crippen molar-refractivity contribution in [1.82, 2.24) is 10.9 Å². The molecule has 4 aromatic rings. The van der Waals surface area contributed by atoms with Crippen molar-refractivity contribution in [2.45, 2.75) is 31.0 Å². The van der Waals surface area contributed by atoms with Crippen molar-refractivity contribution in [3.8, 4) is 5.75 Å². The molecule has 1 amide bonds. The standard InChI is InChI=1S/C33H28BrCl2F2N3O4/c34-22-9-5-20(6-10-22)18-33(32(43)41-39-19-26-28(37)3-1-4-29(26)38)30(25-14-11-23(35)17-27(25)36)45-31(40-33)21-7-12-24(13-8-21)44-16-2-15-42/h1,3-14,17,30,39,42H,2,15-16,18-19H2,(H,41,43)/t30-,33-/m0/s1. The Kier molecular flexibility index (Phi) is 10.7. The summed E-state index contributed by atoms with van der Waals surface area (Å²) in [5, 5.41) is 9.70. The minimum absolute atomic E-state index is 0.0178. The van der Waals surface area contributed by atoms with Crippen molar-refractivity contribution in [2.75, 3.05) is 13.2 Å². The van der Waals surface area contributed by atoms with Crippen molar-refractivity contribution in [3.05, 3.63) is 133 Å². The van der Waals surface area contributed by atoms with Crippen LogP contribution >= 0.6 is 39.1 Å². The molecule has 234 valence electrons. The van der Waals surface area contributed by atoms with Gasteiger partial charge in [-0.3, -0.25) is 10.2 Å². The van der Waals surface area contributed by atoms with Gasteiger partial charge in [0.1, 0.15) is 17.4 Å². The number of nitrogens with one attached hydrogen (secondary N) is 2. The maximum Gasteiger partial charge on any atom is 0.266 e. The number of carbonyl (C=O) groups excluding carboxylic acids is 1. The minimum Gasteiger partial charge on any atom is -0.494 e. The zero-order valence-corrected chi connectivity index (χ0v) is 26.8. The number of hydrazine groups is 1. The third kappa shape index (κ3) is 7.65. The molecule has 0 spiro atoms. The number of aliphatic hydroxyl groups excluding tert-OH is 1. The van der Waals surface area contributed by atoms with Crippen LogP contribution in [-0.2, 0) is 22.5 Å². The first-order valence-electron chi connectivity index (χ1n) is 14.0. The van der Waals surface area contributed by atoms with Gasteiger partial charge in [-0.15, -0.1) is 0 Å². The molecule has 1 aliphatic rings. The number of rotatable bonds is 12. The fourth-order valence-electron chi connectivity index (χ4n) is 4.91. The first-order valence-corrected chi connectivity index (χ1v) is 15.5. The van der Waals surface area contributed by atoms with Gasteiger partial charge in [-0.2, -0.15) is 0 Å². The molecule has 1 aliphatic heterocycles. The predicted molar refractivity (Wildman–Crippen MR) is 172 cm³/mol. The summed E-state index contributed by atoms with van der Waals surface area (Å²) in [5.41, 5.74) is 5.23. The van der Waals surface area contributed by atoms with Gasteiger partial charge in [-0.25, -0.2) is 19.2 Å². The Balaban J connectivity index is 1.54. The van der Waals surface area contributed by atoms with Crippen LogP contribution in [0.3, 0.4) is 0 Å². The smallest absolute Gasteiger partial charge is 0.266 e. The van der Waals surface area contributed by atoms with Gasteiger partial charge >= 0.3 is 0 Å². The van der Waals surface area contributed by atoms with Gasteiger partial charge in [-0.05, 0) is 66.2 Å². The Labute approximate surface area is 277 Å². The summed E-state index contributed by atoms with van der Waals surface area (Å²) >= 11 is 16.3. The number of amides is 1. The summed E-state index contributed by atoms with van der Waals surface area (Å²) in [7, 11) is 0. The molecule has 0 fully saturated rings. The van der Waals surface area contributed by atoms with Crippen LogP contribution in [0.5, 0.6) is 5.75 Å². The van der Waals surface area contributed by atoms with Crippen molar-refractivity contribution in [1.29, 1.82) is 0 Å². The topological polar surface area (TPSA) is 92.2 Å². The molecule has 0 bridgehead atoms. The third-order valence-corrected chi connectivity index (χ3v) is 8.28.